The minimum atomic E-state index is -0.777. The van der Waals surface area contributed by atoms with Crippen LogP contribution in [-0.2, 0) is 4.79 Å². The molecule has 4 heteroatoms. The predicted octanol–water partition coefficient (Wildman–Crippen LogP) is 0.372. The summed E-state index contributed by atoms with van der Waals surface area (Å²) in [4.78, 5) is 20.7. The van der Waals surface area contributed by atoms with Gasteiger partial charge < -0.3 is 5.73 Å². The fourth-order valence-electron chi connectivity index (χ4n) is 0.537. The Morgan fingerprint density at radius 1 is 1.50 bits per heavy atom. The molecule has 58 valence electrons. The van der Waals surface area contributed by atoms with Gasteiger partial charge in [0.1, 0.15) is 0 Å². The zero-order valence-electron chi connectivity index (χ0n) is 6.02. The normalized spacial score (nSPS) is 8.90. The number of rotatable bonds is 3. The van der Waals surface area contributed by atoms with E-state index in [-0.39, 0.29) is 5.91 Å². The molecule has 0 aliphatic carbocycles. The lowest BCUT2D eigenvalue weighted by atomic mass is 10.2. The Morgan fingerprint density at radius 3 is 2.50 bits per heavy atom. The van der Waals surface area contributed by atoms with Crippen molar-refractivity contribution in [1.82, 2.24) is 5.32 Å². The fourth-order valence-corrected chi connectivity index (χ4v) is 0.537. The van der Waals surface area contributed by atoms with Crippen LogP contribution in [0.4, 0.5) is 4.79 Å². The van der Waals surface area contributed by atoms with E-state index in [0.717, 1.165) is 12.8 Å². The number of nitrogens with two attached hydrogens (primary N) is 1. The maximum absolute atomic E-state index is 10.6. The topological polar surface area (TPSA) is 72.2 Å². The predicted molar refractivity (Wildman–Crippen MR) is 37.3 cm³/mol. The van der Waals surface area contributed by atoms with E-state index in [1.54, 1.807) is 0 Å². The third kappa shape index (κ3) is 5.08. The first-order valence-electron chi connectivity index (χ1n) is 3.26. The van der Waals surface area contributed by atoms with Crippen molar-refractivity contribution in [2.45, 2.75) is 26.2 Å². The Bertz CT molecular complexity index is 134. The van der Waals surface area contributed by atoms with Crippen molar-refractivity contribution < 1.29 is 9.59 Å². The summed E-state index contributed by atoms with van der Waals surface area (Å²) in [5.74, 6) is -0.297. The molecule has 0 aliphatic rings. The smallest absolute Gasteiger partial charge is 0.318 e. The molecule has 0 heterocycles. The molecule has 3 N–H and O–H groups in total. The number of carbonyl (C=O) groups is 2. The van der Waals surface area contributed by atoms with Crippen molar-refractivity contribution >= 4 is 11.9 Å². The average molecular weight is 144 g/mol. The van der Waals surface area contributed by atoms with Gasteiger partial charge in [-0.3, -0.25) is 10.1 Å². The second kappa shape index (κ2) is 4.78. The zero-order valence-corrected chi connectivity index (χ0v) is 6.02. The standard InChI is InChI=1S/C6H12N2O2/c1-2-3-4-5(9)8-6(7)10/h2-4H2,1H3,(H3,7,8,9,10). The minimum absolute atomic E-state index is 0.297. The maximum Gasteiger partial charge on any atom is 0.318 e. The van der Waals surface area contributed by atoms with Gasteiger partial charge in [0.15, 0.2) is 0 Å². The van der Waals surface area contributed by atoms with Gasteiger partial charge >= 0.3 is 6.03 Å². The quantitative estimate of drug-likeness (QED) is 0.600. The van der Waals surface area contributed by atoms with Crippen LogP contribution < -0.4 is 11.1 Å². The molecule has 0 aliphatic heterocycles. The second-order valence-corrected chi connectivity index (χ2v) is 2.02. The first-order chi connectivity index (χ1) is 4.66. The number of unbranched alkanes of at least 4 members (excludes halogenated alkanes) is 1. The SMILES string of the molecule is CCCCC(=O)NC(N)=O. The molecule has 0 aromatic heterocycles. The summed E-state index contributed by atoms with van der Waals surface area (Å²) in [6.45, 7) is 1.97. The number of hydrogen-bond acceptors (Lipinski definition) is 2. The van der Waals surface area contributed by atoms with Gasteiger partial charge in [-0.05, 0) is 6.42 Å². The van der Waals surface area contributed by atoms with Gasteiger partial charge in [0.05, 0.1) is 0 Å². The molecule has 0 saturated carbocycles. The Kier molecular flexibility index (Phi) is 4.28. The van der Waals surface area contributed by atoms with Gasteiger partial charge in [-0.15, -0.1) is 0 Å². The molecule has 10 heavy (non-hydrogen) atoms. The summed E-state index contributed by atoms with van der Waals surface area (Å²) in [7, 11) is 0. The van der Waals surface area contributed by atoms with E-state index in [1.807, 2.05) is 12.2 Å². The summed E-state index contributed by atoms with van der Waals surface area (Å²) in [5.41, 5.74) is 4.69. The fraction of sp³-hybridized carbons (Fsp3) is 0.667. The Hall–Kier alpha value is -1.06. The van der Waals surface area contributed by atoms with E-state index in [4.69, 9.17) is 5.73 Å². The summed E-state index contributed by atoms with van der Waals surface area (Å²) < 4.78 is 0. The van der Waals surface area contributed by atoms with Crippen LogP contribution >= 0.6 is 0 Å². The molecule has 0 aromatic carbocycles. The highest BCUT2D eigenvalue weighted by Gasteiger charge is 2.01. The number of imide groups is 1. The first kappa shape index (κ1) is 8.94. The molecular weight excluding hydrogens is 132 g/mol. The Morgan fingerprint density at radius 2 is 2.10 bits per heavy atom. The zero-order chi connectivity index (χ0) is 7.98. The average Bonchev–Trinajstić information content (AvgIpc) is 1.82. The lowest BCUT2D eigenvalue weighted by Gasteiger charge is -1.97. The molecular formula is C6H12N2O2. The van der Waals surface area contributed by atoms with Gasteiger partial charge in [0, 0.05) is 6.42 Å². The van der Waals surface area contributed by atoms with Gasteiger partial charge in [-0.2, -0.15) is 0 Å². The molecule has 0 rings (SSSR count). The molecule has 0 saturated heterocycles. The van der Waals surface area contributed by atoms with E-state index in [1.165, 1.54) is 0 Å². The molecule has 4 nitrogen and oxygen atoms in total. The lowest BCUT2D eigenvalue weighted by molar-refractivity contribution is -0.120. The van der Waals surface area contributed by atoms with E-state index in [2.05, 4.69) is 0 Å². The first-order valence-corrected chi connectivity index (χ1v) is 3.26. The summed E-state index contributed by atoms with van der Waals surface area (Å²) in [6.07, 6.45) is 2.10. The molecule has 0 fully saturated rings. The summed E-state index contributed by atoms with van der Waals surface area (Å²) >= 11 is 0. The second-order valence-electron chi connectivity index (χ2n) is 2.02. The third-order valence-electron chi connectivity index (χ3n) is 1.02. The Balaban J connectivity index is 3.35. The number of hydrogen-bond donors (Lipinski definition) is 2. The van der Waals surface area contributed by atoms with Crippen LogP contribution in [0.15, 0.2) is 0 Å². The molecule has 0 aromatic rings. The molecule has 0 bridgehead atoms. The van der Waals surface area contributed by atoms with Crippen molar-refractivity contribution in [2.24, 2.45) is 5.73 Å². The number of amides is 3. The lowest BCUT2D eigenvalue weighted by Crippen LogP contribution is -2.34. The van der Waals surface area contributed by atoms with Crippen molar-refractivity contribution in [1.29, 1.82) is 0 Å². The number of urea groups is 1. The van der Waals surface area contributed by atoms with E-state index >= 15 is 0 Å². The van der Waals surface area contributed by atoms with Crippen LogP contribution in [0.3, 0.4) is 0 Å². The Labute approximate surface area is 59.8 Å². The summed E-state index contributed by atoms with van der Waals surface area (Å²) in [5, 5.41) is 1.98. The van der Waals surface area contributed by atoms with Crippen molar-refractivity contribution in [3.8, 4) is 0 Å². The summed E-state index contributed by atoms with van der Waals surface area (Å²) in [6, 6.07) is -0.777. The minimum Gasteiger partial charge on any atom is -0.351 e. The molecule has 0 spiro atoms. The maximum atomic E-state index is 10.6. The highest BCUT2D eigenvalue weighted by atomic mass is 16.2. The highest BCUT2D eigenvalue weighted by Crippen LogP contribution is 1.92. The van der Waals surface area contributed by atoms with Crippen LogP contribution in [0.1, 0.15) is 26.2 Å². The van der Waals surface area contributed by atoms with Crippen LogP contribution in [-0.4, -0.2) is 11.9 Å². The third-order valence-corrected chi connectivity index (χ3v) is 1.02. The van der Waals surface area contributed by atoms with Gasteiger partial charge in [0.25, 0.3) is 0 Å². The van der Waals surface area contributed by atoms with Crippen molar-refractivity contribution in [3.63, 3.8) is 0 Å². The van der Waals surface area contributed by atoms with Crippen molar-refractivity contribution in [2.75, 3.05) is 0 Å². The van der Waals surface area contributed by atoms with E-state index in [0.29, 0.717) is 6.42 Å². The van der Waals surface area contributed by atoms with Crippen LogP contribution in [0, 0.1) is 0 Å². The highest BCUT2D eigenvalue weighted by molar-refractivity contribution is 5.93. The number of carbonyl (C=O) groups excluding carboxylic acids is 2. The van der Waals surface area contributed by atoms with Crippen molar-refractivity contribution in [3.05, 3.63) is 0 Å². The van der Waals surface area contributed by atoms with Crippen LogP contribution in [0.25, 0.3) is 0 Å². The van der Waals surface area contributed by atoms with Gasteiger partial charge in [-0.1, -0.05) is 13.3 Å². The van der Waals surface area contributed by atoms with Gasteiger partial charge in [0.2, 0.25) is 5.91 Å². The van der Waals surface area contributed by atoms with Crippen LogP contribution in [0.2, 0.25) is 0 Å². The molecule has 0 radical (unpaired) electrons. The van der Waals surface area contributed by atoms with Gasteiger partial charge in [-0.25, -0.2) is 4.79 Å². The molecule has 3 amide bonds. The number of nitrogens with one attached hydrogen (secondary N) is 1. The number of primary amides is 1. The van der Waals surface area contributed by atoms with E-state index < -0.39 is 6.03 Å². The van der Waals surface area contributed by atoms with Crippen LogP contribution in [0.5, 0.6) is 0 Å². The molecule has 0 atom stereocenters. The monoisotopic (exact) mass is 144 g/mol. The largest absolute Gasteiger partial charge is 0.351 e. The molecule has 0 unspecified atom stereocenters. The van der Waals surface area contributed by atoms with E-state index in [9.17, 15) is 9.59 Å².